The van der Waals surface area contributed by atoms with Crippen molar-refractivity contribution in [1.29, 1.82) is 0 Å². The Hall–Kier alpha value is -0.540. The van der Waals surface area contributed by atoms with Gasteiger partial charge >= 0.3 is 6.03 Å². The molecular weight excluding hydrogens is 408 g/mol. The van der Waals surface area contributed by atoms with Crippen molar-refractivity contribution in [3.8, 4) is 0 Å². The van der Waals surface area contributed by atoms with E-state index in [4.69, 9.17) is 0 Å². The third-order valence-corrected chi connectivity index (χ3v) is 9.89. The molecule has 6 unspecified atom stereocenters. The predicted octanol–water partition coefficient (Wildman–Crippen LogP) is -1.22. The van der Waals surface area contributed by atoms with Crippen LogP contribution in [0.1, 0.15) is 38.5 Å². The first-order valence-corrected chi connectivity index (χ1v) is 14.2. The number of hydrogen-bond donors (Lipinski definition) is 4. The van der Waals surface area contributed by atoms with E-state index in [1.165, 1.54) is 90.2 Å². The van der Waals surface area contributed by atoms with E-state index < -0.39 is 0 Å². The molecule has 5 N–H and O–H groups in total. The SMILES string of the molecule is O=C(NCC1CC2CC[NH+]1CC2CN1CCN(C2CCCC[NH2+]2)CC1)NC1CCSC1. The molecule has 0 aromatic carbocycles. The maximum Gasteiger partial charge on any atom is 0.315 e. The summed E-state index contributed by atoms with van der Waals surface area (Å²) in [5.74, 6) is 3.98. The number of carbonyl (C=O) groups excluding carboxylic acids is 1. The van der Waals surface area contributed by atoms with Crippen molar-refractivity contribution >= 4 is 17.8 Å². The van der Waals surface area contributed by atoms with Gasteiger partial charge in [0.25, 0.3) is 0 Å². The maximum atomic E-state index is 12.3. The average Bonchev–Trinajstić information content (AvgIpc) is 3.32. The minimum absolute atomic E-state index is 0.0548. The summed E-state index contributed by atoms with van der Waals surface area (Å²) in [6.07, 6.45) is 8.77. The van der Waals surface area contributed by atoms with Crippen LogP contribution < -0.4 is 20.9 Å². The molecule has 6 heterocycles. The first-order chi connectivity index (χ1) is 15.2. The number of piperazine rings is 1. The van der Waals surface area contributed by atoms with Gasteiger partial charge in [-0.1, -0.05) is 0 Å². The fourth-order valence-corrected chi connectivity index (χ4v) is 7.99. The molecule has 31 heavy (non-hydrogen) atoms. The van der Waals surface area contributed by atoms with Gasteiger partial charge in [0.1, 0.15) is 12.2 Å². The van der Waals surface area contributed by atoms with E-state index in [1.807, 2.05) is 11.8 Å². The Morgan fingerprint density at radius 3 is 2.74 bits per heavy atom. The van der Waals surface area contributed by atoms with E-state index >= 15 is 0 Å². The molecule has 6 rings (SSSR count). The second-order valence-electron chi connectivity index (χ2n) is 10.7. The molecular formula is C23H44N6OS+2. The lowest BCUT2D eigenvalue weighted by Gasteiger charge is -2.48. The molecule has 2 amide bonds. The fourth-order valence-electron chi connectivity index (χ4n) is 6.83. The number of fused-ring (bicyclic) bond motifs is 3. The maximum absolute atomic E-state index is 12.3. The van der Waals surface area contributed by atoms with Crippen LogP contribution in [0.25, 0.3) is 0 Å². The van der Waals surface area contributed by atoms with Crippen LogP contribution in [0.15, 0.2) is 0 Å². The smallest absolute Gasteiger partial charge is 0.315 e. The Bertz CT molecular complexity index is 589. The van der Waals surface area contributed by atoms with Crippen LogP contribution in [0, 0.1) is 11.8 Å². The number of nitrogens with zero attached hydrogens (tertiary/aromatic N) is 2. The van der Waals surface area contributed by atoms with Crippen molar-refractivity contribution in [3.05, 3.63) is 0 Å². The molecule has 2 bridgehead atoms. The van der Waals surface area contributed by atoms with Gasteiger partial charge in [-0.3, -0.25) is 4.90 Å². The second kappa shape index (κ2) is 10.6. The van der Waals surface area contributed by atoms with Gasteiger partial charge in [-0.15, -0.1) is 0 Å². The summed E-state index contributed by atoms with van der Waals surface area (Å²) in [4.78, 5) is 19.5. The fraction of sp³-hybridized carbons (Fsp3) is 0.957. The van der Waals surface area contributed by atoms with Crippen LogP contribution in [0.2, 0.25) is 0 Å². The summed E-state index contributed by atoms with van der Waals surface area (Å²) in [5.41, 5.74) is 0. The molecule has 0 saturated carbocycles. The largest absolute Gasteiger partial charge is 0.335 e. The summed E-state index contributed by atoms with van der Waals surface area (Å²) >= 11 is 1.95. The lowest BCUT2D eigenvalue weighted by molar-refractivity contribution is -0.945. The van der Waals surface area contributed by atoms with Gasteiger partial charge in [0, 0.05) is 69.7 Å². The molecule has 6 atom stereocenters. The Balaban J connectivity index is 1.02. The Labute approximate surface area is 192 Å². The molecule has 7 nitrogen and oxygen atoms in total. The Morgan fingerprint density at radius 1 is 1.13 bits per heavy atom. The lowest BCUT2D eigenvalue weighted by atomic mass is 9.75. The zero-order valence-corrected chi connectivity index (χ0v) is 20.0. The molecule has 0 aromatic heterocycles. The number of nitrogens with two attached hydrogens (primary N) is 1. The van der Waals surface area contributed by atoms with Crippen LogP contribution in [0.3, 0.4) is 0 Å². The summed E-state index contributed by atoms with van der Waals surface area (Å²) in [7, 11) is 0. The van der Waals surface area contributed by atoms with Gasteiger partial charge < -0.3 is 25.8 Å². The number of quaternary nitrogens is 2. The number of rotatable bonds is 6. The van der Waals surface area contributed by atoms with Crippen molar-refractivity contribution in [3.63, 3.8) is 0 Å². The molecule has 8 heteroatoms. The minimum atomic E-state index is 0.0548. The monoisotopic (exact) mass is 452 g/mol. The number of thioether (sulfide) groups is 1. The molecule has 0 aromatic rings. The van der Waals surface area contributed by atoms with Gasteiger partial charge in [0.2, 0.25) is 0 Å². The minimum Gasteiger partial charge on any atom is -0.335 e. The number of piperidine rings is 4. The first kappa shape index (κ1) is 22.3. The number of amides is 2. The molecule has 0 aliphatic carbocycles. The molecule has 176 valence electrons. The number of carbonyl (C=O) groups is 1. The zero-order valence-electron chi connectivity index (χ0n) is 19.2. The highest BCUT2D eigenvalue weighted by atomic mass is 32.2. The Morgan fingerprint density at radius 2 is 2.03 bits per heavy atom. The van der Waals surface area contributed by atoms with Gasteiger partial charge in [0.15, 0.2) is 0 Å². The van der Waals surface area contributed by atoms with Crippen molar-refractivity contribution in [2.24, 2.45) is 11.8 Å². The van der Waals surface area contributed by atoms with Crippen molar-refractivity contribution in [2.45, 2.75) is 56.8 Å². The predicted molar refractivity (Wildman–Crippen MR) is 125 cm³/mol. The molecule has 0 radical (unpaired) electrons. The summed E-state index contributed by atoms with van der Waals surface area (Å²) in [5, 5.41) is 8.94. The molecule has 0 spiro atoms. The van der Waals surface area contributed by atoms with E-state index in [0.717, 1.165) is 36.7 Å². The van der Waals surface area contributed by atoms with E-state index in [0.29, 0.717) is 12.1 Å². The van der Waals surface area contributed by atoms with Gasteiger partial charge in [0.05, 0.1) is 26.2 Å². The quantitative estimate of drug-likeness (QED) is 0.408. The molecule has 6 fully saturated rings. The average molecular weight is 453 g/mol. The van der Waals surface area contributed by atoms with Gasteiger partial charge in [-0.2, -0.15) is 11.8 Å². The normalized spacial score (nSPS) is 39.5. The third-order valence-electron chi connectivity index (χ3n) is 8.73. The van der Waals surface area contributed by atoms with Crippen LogP contribution in [0.5, 0.6) is 0 Å². The van der Waals surface area contributed by atoms with Gasteiger partial charge in [-0.05, 0) is 30.9 Å². The van der Waals surface area contributed by atoms with Crippen LogP contribution in [-0.2, 0) is 0 Å². The highest BCUT2D eigenvalue weighted by Crippen LogP contribution is 2.28. The second-order valence-corrected chi connectivity index (χ2v) is 11.8. The van der Waals surface area contributed by atoms with E-state index in [1.54, 1.807) is 4.90 Å². The molecule has 6 aliphatic rings. The van der Waals surface area contributed by atoms with Crippen LogP contribution >= 0.6 is 11.8 Å². The summed E-state index contributed by atoms with van der Waals surface area (Å²) in [6.45, 7) is 11.1. The lowest BCUT2D eigenvalue weighted by Crippen LogP contribution is -3.20. The van der Waals surface area contributed by atoms with Crippen LogP contribution in [-0.4, -0.2) is 104 Å². The molecule has 6 saturated heterocycles. The summed E-state index contributed by atoms with van der Waals surface area (Å²) < 4.78 is 0. The highest BCUT2D eigenvalue weighted by molar-refractivity contribution is 7.99. The van der Waals surface area contributed by atoms with Crippen molar-refractivity contribution in [1.82, 2.24) is 20.4 Å². The third kappa shape index (κ3) is 5.69. The topological polar surface area (TPSA) is 68.7 Å². The van der Waals surface area contributed by atoms with Crippen LogP contribution in [0.4, 0.5) is 4.79 Å². The Kier molecular flexibility index (Phi) is 7.61. The van der Waals surface area contributed by atoms with Crippen molar-refractivity contribution < 1.29 is 15.0 Å². The van der Waals surface area contributed by atoms with E-state index in [9.17, 15) is 4.79 Å². The molecule has 6 aliphatic heterocycles. The van der Waals surface area contributed by atoms with E-state index in [-0.39, 0.29) is 6.03 Å². The number of hydrogen-bond acceptors (Lipinski definition) is 4. The number of nitrogens with one attached hydrogen (secondary N) is 3. The standard InChI is InChI=1S/C23H42N6OS/c30-23(26-20-5-12-31-17-20)25-14-21-13-18-4-7-29(21)16-19(18)15-27-8-10-28(11-9-27)22-3-1-2-6-24-22/h18-22,24H,1-17H2,(H2,25,26,30)/p+2. The van der Waals surface area contributed by atoms with Gasteiger partial charge in [-0.25, -0.2) is 4.79 Å². The zero-order chi connectivity index (χ0) is 21.0. The van der Waals surface area contributed by atoms with E-state index in [2.05, 4.69) is 25.8 Å². The highest BCUT2D eigenvalue weighted by Gasteiger charge is 2.44. The first-order valence-electron chi connectivity index (χ1n) is 13.0. The van der Waals surface area contributed by atoms with Crippen molar-refractivity contribution in [2.75, 3.05) is 70.4 Å². The summed E-state index contributed by atoms with van der Waals surface area (Å²) in [6, 6.07) is 1.05. The number of urea groups is 1.